The highest BCUT2D eigenvalue weighted by molar-refractivity contribution is 5.96. The Labute approximate surface area is 141 Å². The number of hydrazone groups is 1. The molecule has 0 aliphatic carbocycles. The van der Waals surface area contributed by atoms with Gasteiger partial charge in [0.1, 0.15) is 0 Å². The van der Waals surface area contributed by atoms with Crippen LogP contribution in [0.2, 0.25) is 0 Å². The van der Waals surface area contributed by atoms with Crippen LogP contribution >= 0.6 is 0 Å². The molecule has 24 heavy (non-hydrogen) atoms. The van der Waals surface area contributed by atoms with Gasteiger partial charge in [-0.1, -0.05) is 36.8 Å². The van der Waals surface area contributed by atoms with E-state index in [9.17, 15) is 9.59 Å². The van der Waals surface area contributed by atoms with Crippen molar-refractivity contribution in [3.8, 4) is 0 Å². The molecule has 5 heteroatoms. The molecule has 0 heterocycles. The van der Waals surface area contributed by atoms with Gasteiger partial charge in [0.25, 0.3) is 5.91 Å². The van der Waals surface area contributed by atoms with Crippen molar-refractivity contribution in [2.24, 2.45) is 5.10 Å². The molecule has 0 saturated heterocycles. The van der Waals surface area contributed by atoms with Gasteiger partial charge < -0.3 is 5.32 Å². The molecular formula is C19H21N3O2. The zero-order chi connectivity index (χ0) is 17.4. The van der Waals surface area contributed by atoms with Crippen LogP contribution in [-0.4, -0.2) is 18.0 Å². The lowest BCUT2D eigenvalue weighted by molar-refractivity contribution is -0.116. The number of rotatable bonds is 6. The third kappa shape index (κ3) is 5.35. The van der Waals surface area contributed by atoms with Gasteiger partial charge in [0.15, 0.2) is 0 Å². The molecule has 0 fully saturated rings. The van der Waals surface area contributed by atoms with Crippen molar-refractivity contribution in [2.45, 2.75) is 26.7 Å². The number of hydrogen-bond acceptors (Lipinski definition) is 3. The molecule has 0 aliphatic rings. The minimum absolute atomic E-state index is 0.0301. The van der Waals surface area contributed by atoms with Crippen molar-refractivity contribution in [3.05, 3.63) is 65.2 Å². The third-order valence-corrected chi connectivity index (χ3v) is 3.33. The monoisotopic (exact) mass is 323 g/mol. The number of anilines is 1. The van der Waals surface area contributed by atoms with Crippen molar-refractivity contribution in [2.75, 3.05) is 5.32 Å². The molecule has 0 aliphatic heterocycles. The fourth-order valence-corrected chi connectivity index (χ4v) is 2.14. The first-order chi connectivity index (χ1) is 11.6. The molecule has 0 bridgehead atoms. The lowest BCUT2D eigenvalue weighted by Gasteiger charge is -2.05. The first-order valence-electron chi connectivity index (χ1n) is 7.88. The smallest absolute Gasteiger partial charge is 0.271 e. The summed E-state index contributed by atoms with van der Waals surface area (Å²) in [6.07, 6.45) is 2.88. The SMILES string of the molecule is CCCC(=O)Nc1ccc(C(=O)NN=Cc2cccc(C)c2)cc1. The van der Waals surface area contributed by atoms with E-state index in [1.807, 2.05) is 38.1 Å². The predicted molar refractivity (Wildman–Crippen MR) is 96.2 cm³/mol. The van der Waals surface area contributed by atoms with Crippen LogP contribution in [0.3, 0.4) is 0 Å². The average molecular weight is 323 g/mol. The van der Waals surface area contributed by atoms with Crippen LogP contribution in [0.25, 0.3) is 0 Å². The van der Waals surface area contributed by atoms with E-state index < -0.39 is 0 Å². The maximum absolute atomic E-state index is 12.0. The molecule has 124 valence electrons. The Kier molecular flexibility index (Phi) is 6.25. The molecule has 0 aromatic heterocycles. The van der Waals surface area contributed by atoms with E-state index in [-0.39, 0.29) is 11.8 Å². The van der Waals surface area contributed by atoms with Gasteiger partial charge in [-0.05, 0) is 43.2 Å². The normalized spacial score (nSPS) is 10.6. The number of amides is 2. The number of nitrogens with one attached hydrogen (secondary N) is 2. The Hall–Kier alpha value is -2.95. The molecule has 2 amide bonds. The summed E-state index contributed by atoms with van der Waals surface area (Å²) in [6, 6.07) is 14.5. The lowest BCUT2D eigenvalue weighted by atomic mass is 10.2. The molecule has 0 saturated carbocycles. The summed E-state index contributed by atoms with van der Waals surface area (Å²) in [5.74, 6) is -0.331. The Morgan fingerprint density at radius 2 is 1.88 bits per heavy atom. The highest BCUT2D eigenvalue weighted by Gasteiger charge is 2.05. The van der Waals surface area contributed by atoms with Gasteiger partial charge in [-0.3, -0.25) is 9.59 Å². The lowest BCUT2D eigenvalue weighted by Crippen LogP contribution is -2.17. The third-order valence-electron chi connectivity index (χ3n) is 3.33. The molecule has 2 rings (SSSR count). The highest BCUT2D eigenvalue weighted by Crippen LogP contribution is 2.10. The van der Waals surface area contributed by atoms with Crippen molar-refractivity contribution in [1.82, 2.24) is 5.43 Å². The van der Waals surface area contributed by atoms with Crippen molar-refractivity contribution >= 4 is 23.7 Å². The van der Waals surface area contributed by atoms with Gasteiger partial charge >= 0.3 is 0 Å². The van der Waals surface area contributed by atoms with Gasteiger partial charge in [0, 0.05) is 17.7 Å². The highest BCUT2D eigenvalue weighted by atomic mass is 16.2. The second kappa shape index (κ2) is 8.62. The summed E-state index contributed by atoms with van der Waals surface area (Å²) in [6.45, 7) is 3.95. The first kappa shape index (κ1) is 17.4. The van der Waals surface area contributed by atoms with E-state index in [0.29, 0.717) is 17.7 Å². The van der Waals surface area contributed by atoms with Crippen molar-refractivity contribution < 1.29 is 9.59 Å². The number of carbonyl (C=O) groups is 2. The summed E-state index contributed by atoms with van der Waals surface area (Å²) in [7, 11) is 0. The van der Waals surface area contributed by atoms with Crippen LogP contribution in [-0.2, 0) is 4.79 Å². The van der Waals surface area contributed by atoms with Gasteiger partial charge in [0.2, 0.25) is 5.91 Å². The predicted octanol–water partition coefficient (Wildman–Crippen LogP) is 3.50. The Bertz CT molecular complexity index is 737. The Balaban J connectivity index is 1.91. The second-order valence-corrected chi connectivity index (χ2v) is 5.49. The van der Waals surface area contributed by atoms with E-state index in [1.165, 1.54) is 0 Å². The van der Waals surface area contributed by atoms with Gasteiger partial charge in [-0.25, -0.2) is 5.43 Å². The Morgan fingerprint density at radius 1 is 1.12 bits per heavy atom. The molecule has 2 aromatic carbocycles. The van der Waals surface area contributed by atoms with E-state index in [4.69, 9.17) is 0 Å². The van der Waals surface area contributed by atoms with E-state index in [2.05, 4.69) is 15.8 Å². The summed E-state index contributed by atoms with van der Waals surface area (Å²) in [5, 5.41) is 6.74. The first-order valence-corrected chi connectivity index (χ1v) is 7.88. The van der Waals surface area contributed by atoms with E-state index in [0.717, 1.165) is 17.5 Å². The fraction of sp³-hybridized carbons (Fsp3) is 0.211. The molecular weight excluding hydrogens is 302 g/mol. The summed E-state index contributed by atoms with van der Waals surface area (Å²) in [5.41, 5.74) is 5.69. The van der Waals surface area contributed by atoms with Gasteiger partial charge in [-0.2, -0.15) is 5.10 Å². The fourth-order valence-electron chi connectivity index (χ4n) is 2.14. The largest absolute Gasteiger partial charge is 0.326 e. The molecule has 2 N–H and O–H groups in total. The number of aryl methyl sites for hydroxylation is 1. The maximum Gasteiger partial charge on any atom is 0.271 e. The van der Waals surface area contributed by atoms with Crippen LogP contribution in [0, 0.1) is 6.92 Å². The van der Waals surface area contributed by atoms with Crippen LogP contribution in [0.4, 0.5) is 5.69 Å². The zero-order valence-corrected chi connectivity index (χ0v) is 13.9. The number of nitrogens with zero attached hydrogens (tertiary/aromatic N) is 1. The Morgan fingerprint density at radius 3 is 2.54 bits per heavy atom. The standard InChI is InChI=1S/C19H21N3O2/c1-3-5-18(23)21-17-10-8-16(9-11-17)19(24)22-20-13-15-7-4-6-14(2)12-15/h4,6-13H,3,5H2,1-2H3,(H,21,23)(H,22,24). The van der Waals surface area contributed by atoms with Crippen molar-refractivity contribution in [1.29, 1.82) is 0 Å². The van der Waals surface area contributed by atoms with Gasteiger partial charge in [-0.15, -0.1) is 0 Å². The van der Waals surface area contributed by atoms with Crippen LogP contribution in [0.5, 0.6) is 0 Å². The van der Waals surface area contributed by atoms with Gasteiger partial charge in [0.05, 0.1) is 6.21 Å². The summed E-state index contributed by atoms with van der Waals surface area (Å²) < 4.78 is 0. The van der Waals surface area contributed by atoms with E-state index >= 15 is 0 Å². The molecule has 2 aromatic rings. The topological polar surface area (TPSA) is 70.6 Å². The summed E-state index contributed by atoms with van der Waals surface area (Å²) >= 11 is 0. The molecule has 0 spiro atoms. The summed E-state index contributed by atoms with van der Waals surface area (Å²) in [4.78, 5) is 23.5. The minimum Gasteiger partial charge on any atom is -0.326 e. The molecule has 5 nitrogen and oxygen atoms in total. The van der Waals surface area contributed by atoms with Crippen LogP contribution in [0.15, 0.2) is 53.6 Å². The molecule has 0 unspecified atom stereocenters. The second-order valence-electron chi connectivity index (χ2n) is 5.49. The number of carbonyl (C=O) groups excluding carboxylic acids is 2. The average Bonchev–Trinajstić information content (AvgIpc) is 2.55. The molecule has 0 radical (unpaired) electrons. The quantitative estimate of drug-likeness (QED) is 0.631. The number of hydrogen-bond donors (Lipinski definition) is 2. The van der Waals surface area contributed by atoms with Crippen LogP contribution in [0.1, 0.15) is 41.3 Å². The van der Waals surface area contributed by atoms with Crippen LogP contribution < -0.4 is 10.7 Å². The molecule has 0 atom stereocenters. The minimum atomic E-state index is -0.301. The zero-order valence-electron chi connectivity index (χ0n) is 13.9. The van der Waals surface area contributed by atoms with Crippen molar-refractivity contribution in [3.63, 3.8) is 0 Å². The maximum atomic E-state index is 12.0. The number of benzene rings is 2. The van der Waals surface area contributed by atoms with E-state index in [1.54, 1.807) is 30.5 Å².